The Morgan fingerprint density at radius 2 is 2.20 bits per heavy atom. The second kappa shape index (κ2) is 5.45. The smallest absolute Gasteiger partial charge is 0.326 e. The van der Waals surface area contributed by atoms with E-state index in [9.17, 15) is 9.59 Å². The zero-order valence-electron chi connectivity index (χ0n) is 11.2. The third kappa shape index (κ3) is 3.05. The molecule has 0 aliphatic carbocycles. The van der Waals surface area contributed by atoms with Crippen LogP contribution in [0.15, 0.2) is 22.4 Å². The molecule has 0 radical (unpaired) electrons. The molecule has 1 amide bonds. The summed E-state index contributed by atoms with van der Waals surface area (Å²) in [7, 11) is 0. The van der Waals surface area contributed by atoms with Crippen LogP contribution >= 0.6 is 0 Å². The van der Waals surface area contributed by atoms with Gasteiger partial charge >= 0.3 is 5.97 Å². The summed E-state index contributed by atoms with van der Waals surface area (Å²) in [4.78, 5) is 24.7. The molecule has 106 valence electrons. The van der Waals surface area contributed by atoms with Crippen molar-refractivity contribution in [3.05, 3.63) is 12.2 Å². The highest BCUT2D eigenvalue weighted by Gasteiger charge is 2.41. The Labute approximate surface area is 117 Å². The number of hydrogen-bond donors (Lipinski definition) is 1. The van der Waals surface area contributed by atoms with Crippen LogP contribution in [0.25, 0.3) is 0 Å². The predicted molar refractivity (Wildman–Crippen MR) is 71.8 cm³/mol. The van der Waals surface area contributed by atoms with Gasteiger partial charge in [0.25, 0.3) is 0 Å². The standard InChI is InChI=1S/C14H17N3O3/c1-3-4-6-14(15-16-14)7-5-12(18)17-9-10(2)8-11(17)13(19)20/h1,11H,2,4-9H2,(H,19,20)/t11-/m0/s1. The number of carboxylic acids is 1. The second-order valence-electron chi connectivity index (χ2n) is 5.22. The predicted octanol–water partition coefficient (Wildman–Crippen LogP) is 1.58. The number of carbonyl (C=O) groups excluding carboxylic acids is 1. The number of rotatable bonds is 6. The van der Waals surface area contributed by atoms with Gasteiger partial charge in [-0.3, -0.25) is 4.79 Å². The van der Waals surface area contributed by atoms with Crippen LogP contribution in [0.3, 0.4) is 0 Å². The van der Waals surface area contributed by atoms with Crippen molar-refractivity contribution in [2.24, 2.45) is 10.2 Å². The van der Waals surface area contributed by atoms with Crippen LogP contribution in [0.2, 0.25) is 0 Å². The van der Waals surface area contributed by atoms with Crippen LogP contribution in [0.4, 0.5) is 0 Å². The molecule has 0 bridgehead atoms. The molecule has 2 rings (SSSR count). The third-order valence-electron chi connectivity index (χ3n) is 3.65. The number of carbonyl (C=O) groups is 2. The fourth-order valence-corrected chi connectivity index (χ4v) is 2.40. The van der Waals surface area contributed by atoms with Crippen molar-refractivity contribution in [2.45, 2.75) is 43.8 Å². The van der Waals surface area contributed by atoms with Gasteiger partial charge in [0.2, 0.25) is 5.91 Å². The Bertz CT molecular complexity index is 512. The van der Waals surface area contributed by atoms with Gasteiger partial charge in [-0.1, -0.05) is 12.2 Å². The molecule has 0 aromatic rings. The van der Waals surface area contributed by atoms with Gasteiger partial charge in [-0.25, -0.2) is 4.79 Å². The lowest BCUT2D eigenvalue weighted by atomic mass is 10.0. The van der Waals surface area contributed by atoms with E-state index in [-0.39, 0.29) is 12.3 Å². The summed E-state index contributed by atoms with van der Waals surface area (Å²) in [5.74, 6) is 1.36. The van der Waals surface area contributed by atoms with Crippen molar-refractivity contribution in [2.75, 3.05) is 6.54 Å². The number of hydrogen-bond acceptors (Lipinski definition) is 4. The van der Waals surface area contributed by atoms with Crippen molar-refractivity contribution in [3.8, 4) is 12.3 Å². The van der Waals surface area contributed by atoms with Crippen molar-refractivity contribution in [3.63, 3.8) is 0 Å². The monoisotopic (exact) mass is 275 g/mol. The van der Waals surface area contributed by atoms with Gasteiger partial charge in [-0.2, -0.15) is 10.2 Å². The molecule has 0 unspecified atom stereocenters. The molecule has 2 aliphatic rings. The molecule has 6 heteroatoms. The van der Waals surface area contributed by atoms with E-state index in [1.165, 1.54) is 4.90 Å². The first kappa shape index (κ1) is 14.3. The lowest BCUT2D eigenvalue weighted by molar-refractivity contribution is -0.148. The molecule has 0 spiro atoms. The average molecular weight is 275 g/mol. The highest BCUT2D eigenvalue weighted by molar-refractivity contribution is 5.85. The lowest BCUT2D eigenvalue weighted by Gasteiger charge is -2.21. The van der Waals surface area contributed by atoms with E-state index in [1.54, 1.807) is 0 Å². The molecule has 1 atom stereocenters. The van der Waals surface area contributed by atoms with E-state index in [0.29, 0.717) is 32.2 Å². The van der Waals surface area contributed by atoms with Gasteiger partial charge in [0, 0.05) is 38.6 Å². The number of amides is 1. The van der Waals surface area contributed by atoms with Gasteiger partial charge < -0.3 is 10.0 Å². The summed E-state index contributed by atoms with van der Waals surface area (Å²) in [5, 5.41) is 17.0. The van der Waals surface area contributed by atoms with E-state index >= 15 is 0 Å². The quantitative estimate of drug-likeness (QED) is 0.590. The fourth-order valence-electron chi connectivity index (χ4n) is 2.40. The summed E-state index contributed by atoms with van der Waals surface area (Å²) < 4.78 is 0. The van der Waals surface area contributed by atoms with Crippen LogP contribution in [0.1, 0.15) is 32.1 Å². The highest BCUT2D eigenvalue weighted by atomic mass is 16.4. The van der Waals surface area contributed by atoms with Gasteiger partial charge in [0.1, 0.15) is 6.04 Å². The molecule has 1 fully saturated rings. The third-order valence-corrected chi connectivity index (χ3v) is 3.65. The topological polar surface area (TPSA) is 82.3 Å². The van der Waals surface area contributed by atoms with Crippen LogP contribution in [-0.4, -0.2) is 40.1 Å². The Hall–Kier alpha value is -2.16. The molecule has 1 N–H and O–H groups in total. The lowest BCUT2D eigenvalue weighted by Crippen LogP contribution is -2.40. The van der Waals surface area contributed by atoms with E-state index in [1.807, 2.05) is 0 Å². The number of aliphatic carboxylic acids is 1. The molecule has 0 aromatic heterocycles. The minimum atomic E-state index is -0.986. The van der Waals surface area contributed by atoms with Gasteiger partial charge in [0.15, 0.2) is 5.66 Å². The molecule has 1 saturated heterocycles. The minimum Gasteiger partial charge on any atom is -0.480 e. The Kier molecular flexibility index (Phi) is 3.89. The Balaban J connectivity index is 1.87. The highest BCUT2D eigenvalue weighted by Crippen LogP contribution is 2.38. The first-order valence-corrected chi connectivity index (χ1v) is 6.54. The molecule has 0 aromatic carbocycles. The first-order chi connectivity index (χ1) is 9.47. The maximum absolute atomic E-state index is 12.2. The van der Waals surface area contributed by atoms with E-state index in [2.05, 4.69) is 22.7 Å². The number of likely N-dealkylation sites (tertiary alicyclic amines) is 1. The molecule has 6 nitrogen and oxygen atoms in total. The Morgan fingerprint density at radius 3 is 2.75 bits per heavy atom. The molecule has 2 aliphatic heterocycles. The summed E-state index contributed by atoms with van der Waals surface area (Å²) in [6, 6.07) is -0.787. The Morgan fingerprint density at radius 1 is 1.50 bits per heavy atom. The van der Waals surface area contributed by atoms with Crippen LogP contribution in [0.5, 0.6) is 0 Å². The van der Waals surface area contributed by atoms with Crippen molar-refractivity contribution in [1.82, 2.24) is 4.90 Å². The molecule has 2 heterocycles. The fraction of sp³-hybridized carbons (Fsp3) is 0.571. The normalized spacial score (nSPS) is 22.6. The maximum atomic E-state index is 12.2. The number of terminal acetylenes is 1. The summed E-state index contributed by atoms with van der Waals surface area (Å²) in [6.45, 7) is 4.09. The van der Waals surface area contributed by atoms with E-state index < -0.39 is 17.7 Å². The average Bonchev–Trinajstić information content (AvgIpc) is 3.07. The summed E-state index contributed by atoms with van der Waals surface area (Å²) >= 11 is 0. The van der Waals surface area contributed by atoms with E-state index in [4.69, 9.17) is 11.5 Å². The van der Waals surface area contributed by atoms with E-state index in [0.717, 1.165) is 5.57 Å². The van der Waals surface area contributed by atoms with Crippen molar-refractivity contribution < 1.29 is 14.7 Å². The first-order valence-electron chi connectivity index (χ1n) is 6.54. The summed E-state index contributed by atoms with van der Waals surface area (Å²) in [6.07, 6.45) is 7.47. The molecule has 20 heavy (non-hydrogen) atoms. The van der Waals surface area contributed by atoms with Crippen molar-refractivity contribution >= 4 is 11.9 Å². The molecule has 0 saturated carbocycles. The largest absolute Gasteiger partial charge is 0.480 e. The second-order valence-corrected chi connectivity index (χ2v) is 5.22. The zero-order valence-corrected chi connectivity index (χ0v) is 11.2. The molecular formula is C14H17N3O3. The number of nitrogens with zero attached hydrogens (tertiary/aromatic N) is 3. The van der Waals surface area contributed by atoms with Gasteiger partial charge in [0.05, 0.1) is 0 Å². The van der Waals surface area contributed by atoms with Crippen LogP contribution in [0, 0.1) is 12.3 Å². The zero-order chi connectivity index (χ0) is 14.8. The molecular weight excluding hydrogens is 258 g/mol. The SMILES string of the molecule is C#CCCC1(CCC(=O)N2CC(=C)C[C@H]2C(=O)O)N=N1. The van der Waals surface area contributed by atoms with Crippen molar-refractivity contribution in [1.29, 1.82) is 0 Å². The minimum absolute atomic E-state index is 0.187. The van der Waals surface area contributed by atoms with Crippen LogP contribution in [-0.2, 0) is 9.59 Å². The van der Waals surface area contributed by atoms with Crippen LogP contribution < -0.4 is 0 Å². The van der Waals surface area contributed by atoms with Gasteiger partial charge in [-0.15, -0.1) is 12.3 Å². The summed E-state index contributed by atoms with van der Waals surface area (Å²) in [5.41, 5.74) is 0.269. The maximum Gasteiger partial charge on any atom is 0.326 e. The van der Waals surface area contributed by atoms with Gasteiger partial charge in [-0.05, 0) is 0 Å². The number of carboxylic acid groups (broad SMARTS) is 1.